The Labute approximate surface area is 122 Å². The highest BCUT2D eigenvalue weighted by molar-refractivity contribution is 6.33. The number of carbonyl (C=O) groups is 1. The van der Waals surface area contributed by atoms with Gasteiger partial charge in [0.15, 0.2) is 0 Å². The molecule has 0 atom stereocenters. The molecule has 0 saturated heterocycles. The number of pyridine rings is 1. The van der Waals surface area contributed by atoms with Crippen LogP contribution in [0.4, 0.5) is 0 Å². The fraction of sp³-hybridized carbons (Fsp3) is 0.200. The van der Waals surface area contributed by atoms with Crippen molar-refractivity contribution in [3.63, 3.8) is 0 Å². The van der Waals surface area contributed by atoms with Crippen molar-refractivity contribution in [2.24, 2.45) is 0 Å². The van der Waals surface area contributed by atoms with Gasteiger partial charge in [-0.1, -0.05) is 23.7 Å². The lowest BCUT2D eigenvalue weighted by molar-refractivity contribution is 0.0954. The third kappa shape index (κ3) is 3.71. The molecule has 0 radical (unpaired) electrons. The average molecular weight is 291 g/mol. The number of benzene rings is 1. The molecule has 1 N–H and O–H groups in total. The van der Waals surface area contributed by atoms with Crippen LogP contribution in [0.5, 0.6) is 5.75 Å². The van der Waals surface area contributed by atoms with E-state index in [4.69, 9.17) is 16.3 Å². The van der Waals surface area contributed by atoms with E-state index in [-0.39, 0.29) is 5.91 Å². The number of halogens is 1. The monoisotopic (exact) mass is 290 g/mol. The molecule has 1 amide bonds. The average Bonchev–Trinajstić information content (AvgIpc) is 2.48. The number of amides is 1. The molecule has 2 aromatic rings. The van der Waals surface area contributed by atoms with E-state index >= 15 is 0 Å². The zero-order valence-corrected chi connectivity index (χ0v) is 11.9. The Morgan fingerprint density at radius 3 is 2.70 bits per heavy atom. The van der Waals surface area contributed by atoms with Gasteiger partial charge in [-0.2, -0.15) is 0 Å². The summed E-state index contributed by atoms with van der Waals surface area (Å²) < 4.78 is 5.09. The zero-order chi connectivity index (χ0) is 14.4. The number of aromatic nitrogens is 1. The molecule has 0 aliphatic heterocycles. The van der Waals surface area contributed by atoms with E-state index in [9.17, 15) is 4.79 Å². The number of hydrogen-bond acceptors (Lipinski definition) is 3. The molecule has 0 unspecified atom stereocenters. The highest BCUT2D eigenvalue weighted by Gasteiger charge is 2.08. The summed E-state index contributed by atoms with van der Waals surface area (Å²) in [6.45, 7) is 0.545. The van der Waals surface area contributed by atoms with E-state index in [1.165, 1.54) is 6.20 Å². The zero-order valence-electron chi connectivity index (χ0n) is 11.1. The van der Waals surface area contributed by atoms with Crippen molar-refractivity contribution < 1.29 is 9.53 Å². The predicted octanol–water partition coefficient (Wildman–Crippen LogP) is 2.72. The number of carbonyl (C=O) groups excluding carboxylic acids is 1. The summed E-state index contributed by atoms with van der Waals surface area (Å²) in [4.78, 5) is 15.8. The van der Waals surface area contributed by atoms with Crippen molar-refractivity contribution in [1.82, 2.24) is 10.3 Å². The minimum absolute atomic E-state index is 0.189. The fourth-order valence-electron chi connectivity index (χ4n) is 1.77. The molecule has 1 aromatic heterocycles. The molecule has 5 heteroatoms. The minimum atomic E-state index is -0.189. The molecule has 4 nitrogen and oxygen atoms in total. The van der Waals surface area contributed by atoms with Gasteiger partial charge in [0.2, 0.25) is 0 Å². The maximum Gasteiger partial charge on any atom is 0.252 e. The van der Waals surface area contributed by atoms with Crippen LogP contribution in [-0.4, -0.2) is 24.5 Å². The molecule has 0 saturated carbocycles. The minimum Gasteiger partial charge on any atom is -0.497 e. The molecule has 1 aromatic carbocycles. The Balaban J connectivity index is 1.86. The number of methoxy groups -OCH3 is 1. The van der Waals surface area contributed by atoms with E-state index in [2.05, 4.69) is 10.3 Å². The molecule has 0 fully saturated rings. The first-order valence-electron chi connectivity index (χ1n) is 6.21. The van der Waals surface area contributed by atoms with Crippen molar-refractivity contribution in [2.45, 2.75) is 6.42 Å². The molecule has 0 aliphatic rings. The van der Waals surface area contributed by atoms with Gasteiger partial charge < -0.3 is 10.1 Å². The fourth-order valence-corrected chi connectivity index (χ4v) is 1.97. The van der Waals surface area contributed by atoms with Crippen molar-refractivity contribution in [3.05, 3.63) is 58.9 Å². The molecule has 104 valence electrons. The molecule has 20 heavy (non-hydrogen) atoms. The Hall–Kier alpha value is -2.07. The quantitative estimate of drug-likeness (QED) is 0.921. The number of ether oxygens (including phenoxy) is 1. The molecule has 0 aliphatic carbocycles. The van der Waals surface area contributed by atoms with Crippen LogP contribution < -0.4 is 10.1 Å². The van der Waals surface area contributed by atoms with Gasteiger partial charge in [-0.05, 0) is 30.2 Å². The van der Waals surface area contributed by atoms with Gasteiger partial charge in [-0.15, -0.1) is 0 Å². The molecular weight excluding hydrogens is 276 g/mol. The van der Waals surface area contributed by atoms with Crippen LogP contribution in [0.2, 0.25) is 5.02 Å². The number of nitrogens with one attached hydrogen (secondary N) is 1. The van der Waals surface area contributed by atoms with Gasteiger partial charge in [0.1, 0.15) is 5.75 Å². The first kappa shape index (κ1) is 14.3. The summed E-state index contributed by atoms with van der Waals surface area (Å²) in [6.07, 6.45) is 3.75. The lowest BCUT2D eigenvalue weighted by Gasteiger charge is -2.07. The van der Waals surface area contributed by atoms with E-state index in [1.54, 1.807) is 19.4 Å². The van der Waals surface area contributed by atoms with E-state index < -0.39 is 0 Å². The van der Waals surface area contributed by atoms with Crippen molar-refractivity contribution >= 4 is 17.5 Å². The topological polar surface area (TPSA) is 51.2 Å². The Bertz CT molecular complexity index is 585. The van der Waals surface area contributed by atoms with Crippen LogP contribution in [0, 0.1) is 0 Å². The Morgan fingerprint density at radius 2 is 2.05 bits per heavy atom. The summed E-state index contributed by atoms with van der Waals surface area (Å²) in [5.41, 5.74) is 1.57. The molecular formula is C15H15ClN2O2. The lowest BCUT2D eigenvalue weighted by atomic mass is 10.1. The number of nitrogens with zero attached hydrogens (tertiary/aromatic N) is 1. The maximum absolute atomic E-state index is 11.9. The highest BCUT2D eigenvalue weighted by atomic mass is 35.5. The first-order chi connectivity index (χ1) is 9.70. The third-order valence-electron chi connectivity index (χ3n) is 2.88. The second-order valence-corrected chi connectivity index (χ2v) is 4.62. The normalized spacial score (nSPS) is 10.1. The summed E-state index contributed by atoms with van der Waals surface area (Å²) in [5.74, 6) is 0.632. The third-order valence-corrected chi connectivity index (χ3v) is 3.18. The van der Waals surface area contributed by atoms with Gasteiger partial charge >= 0.3 is 0 Å². The van der Waals surface area contributed by atoms with Crippen LogP contribution >= 0.6 is 11.6 Å². The Kier molecular flexibility index (Phi) is 4.96. The smallest absolute Gasteiger partial charge is 0.252 e. The van der Waals surface area contributed by atoms with E-state index in [0.717, 1.165) is 17.7 Å². The van der Waals surface area contributed by atoms with Crippen molar-refractivity contribution in [3.8, 4) is 5.75 Å². The van der Waals surface area contributed by atoms with Crippen molar-refractivity contribution in [2.75, 3.05) is 13.7 Å². The largest absolute Gasteiger partial charge is 0.497 e. The van der Waals surface area contributed by atoms with Gasteiger partial charge in [-0.3, -0.25) is 9.78 Å². The summed E-state index contributed by atoms with van der Waals surface area (Å²) in [7, 11) is 1.63. The second kappa shape index (κ2) is 6.91. The van der Waals surface area contributed by atoms with E-state index in [1.807, 2.05) is 24.3 Å². The summed E-state index contributed by atoms with van der Waals surface area (Å²) in [5, 5.41) is 3.19. The molecule has 1 heterocycles. The van der Waals surface area contributed by atoms with Crippen LogP contribution in [-0.2, 0) is 6.42 Å². The standard InChI is InChI=1S/C15H15ClN2O2/c1-20-12-4-2-11(3-5-12)6-9-18-15(19)13-7-8-17-10-14(13)16/h2-5,7-8,10H,6,9H2,1H3,(H,18,19). The first-order valence-corrected chi connectivity index (χ1v) is 6.59. The van der Waals surface area contributed by atoms with Crippen LogP contribution in [0.1, 0.15) is 15.9 Å². The Morgan fingerprint density at radius 1 is 1.30 bits per heavy atom. The highest BCUT2D eigenvalue weighted by Crippen LogP contribution is 2.13. The van der Waals surface area contributed by atoms with Gasteiger partial charge in [0, 0.05) is 18.9 Å². The molecule has 0 bridgehead atoms. The molecule has 2 rings (SSSR count). The lowest BCUT2D eigenvalue weighted by Crippen LogP contribution is -2.26. The number of hydrogen-bond donors (Lipinski definition) is 1. The second-order valence-electron chi connectivity index (χ2n) is 4.21. The van der Waals surface area contributed by atoms with Gasteiger partial charge in [0.05, 0.1) is 17.7 Å². The predicted molar refractivity (Wildman–Crippen MR) is 78.3 cm³/mol. The van der Waals surface area contributed by atoms with Gasteiger partial charge in [0.25, 0.3) is 5.91 Å². The maximum atomic E-state index is 11.9. The van der Waals surface area contributed by atoms with Crippen LogP contribution in [0.25, 0.3) is 0 Å². The van der Waals surface area contributed by atoms with Crippen LogP contribution in [0.15, 0.2) is 42.7 Å². The SMILES string of the molecule is COc1ccc(CCNC(=O)c2ccncc2Cl)cc1. The molecule has 0 spiro atoms. The summed E-state index contributed by atoms with van der Waals surface area (Å²) >= 11 is 5.91. The van der Waals surface area contributed by atoms with Crippen molar-refractivity contribution in [1.29, 1.82) is 0 Å². The number of rotatable bonds is 5. The van der Waals surface area contributed by atoms with Gasteiger partial charge in [-0.25, -0.2) is 0 Å². The summed E-state index contributed by atoms with van der Waals surface area (Å²) in [6, 6.07) is 9.35. The van der Waals surface area contributed by atoms with E-state index in [0.29, 0.717) is 17.1 Å². The van der Waals surface area contributed by atoms with Crippen LogP contribution in [0.3, 0.4) is 0 Å².